The van der Waals surface area contributed by atoms with Gasteiger partial charge in [-0.15, -0.1) is 0 Å². The lowest BCUT2D eigenvalue weighted by Gasteiger charge is -2.34. The summed E-state index contributed by atoms with van der Waals surface area (Å²) in [6.07, 6.45) is 1.78. The zero-order valence-corrected chi connectivity index (χ0v) is 21.8. The van der Waals surface area contributed by atoms with E-state index in [1.165, 1.54) is 16.8 Å². The number of carbonyl (C=O) groups excluding carboxylic acids is 1. The largest absolute Gasteiger partial charge is 0.377 e. The van der Waals surface area contributed by atoms with Crippen LogP contribution in [0, 0.1) is 19.7 Å². The van der Waals surface area contributed by atoms with E-state index in [4.69, 9.17) is 14.7 Å². The Labute approximate surface area is 219 Å². The van der Waals surface area contributed by atoms with Crippen molar-refractivity contribution in [3.63, 3.8) is 0 Å². The quantitative estimate of drug-likeness (QED) is 0.429. The average Bonchev–Trinajstić information content (AvgIpc) is 3.51. The fraction of sp³-hybridized carbons (Fsp3) is 0.407. The third-order valence-electron chi connectivity index (χ3n) is 7.37. The van der Waals surface area contributed by atoms with Crippen LogP contribution in [0.5, 0.6) is 0 Å². The number of morpholine rings is 1. The van der Waals surface area contributed by atoms with Crippen LogP contribution in [0.4, 0.5) is 15.0 Å². The lowest BCUT2D eigenvalue weighted by molar-refractivity contribution is 0.0985. The topological polar surface area (TPSA) is 104 Å². The summed E-state index contributed by atoms with van der Waals surface area (Å²) >= 11 is 0. The van der Waals surface area contributed by atoms with Crippen LogP contribution in [-0.2, 0) is 4.74 Å². The number of rotatable bonds is 3. The van der Waals surface area contributed by atoms with Crippen LogP contribution in [-0.4, -0.2) is 87.6 Å². The van der Waals surface area contributed by atoms with Gasteiger partial charge in [0, 0.05) is 67.0 Å². The van der Waals surface area contributed by atoms with Crippen molar-refractivity contribution in [2.45, 2.75) is 26.8 Å². The second-order valence-electron chi connectivity index (χ2n) is 9.92. The third kappa shape index (κ3) is 4.31. The first-order valence-electron chi connectivity index (χ1n) is 13.0. The van der Waals surface area contributed by atoms with E-state index in [1.54, 1.807) is 11.1 Å². The summed E-state index contributed by atoms with van der Waals surface area (Å²) in [5, 5.41) is 8.73. The van der Waals surface area contributed by atoms with Crippen LogP contribution in [0.3, 0.4) is 0 Å². The van der Waals surface area contributed by atoms with Crippen molar-refractivity contribution < 1.29 is 13.9 Å². The first kappa shape index (κ1) is 24.5. The first-order valence-corrected chi connectivity index (χ1v) is 13.0. The van der Waals surface area contributed by atoms with Gasteiger partial charge >= 0.3 is 6.03 Å². The number of hydrogen-bond acceptors (Lipinski definition) is 7. The number of nitrogens with one attached hydrogen (secondary N) is 2. The van der Waals surface area contributed by atoms with Gasteiger partial charge in [-0.3, -0.25) is 0 Å². The number of ether oxygens (including phenoxy) is 1. The van der Waals surface area contributed by atoms with Crippen molar-refractivity contribution in [2.24, 2.45) is 0 Å². The summed E-state index contributed by atoms with van der Waals surface area (Å²) in [6, 6.07) is 6.74. The second-order valence-corrected chi connectivity index (χ2v) is 9.92. The van der Waals surface area contributed by atoms with Crippen molar-refractivity contribution in [1.82, 2.24) is 34.9 Å². The molecule has 2 saturated heterocycles. The zero-order valence-electron chi connectivity index (χ0n) is 21.8. The molecule has 0 bridgehead atoms. The van der Waals surface area contributed by atoms with Gasteiger partial charge in [-0.25, -0.2) is 19.2 Å². The minimum atomic E-state index is -0.368. The smallest absolute Gasteiger partial charge is 0.345 e. The van der Waals surface area contributed by atoms with Crippen molar-refractivity contribution in [3.8, 4) is 22.6 Å². The summed E-state index contributed by atoms with van der Waals surface area (Å²) < 4.78 is 21.8. The molecule has 198 valence electrons. The molecule has 38 heavy (non-hydrogen) atoms. The van der Waals surface area contributed by atoms with Gasteiger partial charge in [-0.1, -0.05) is 0 Å². The second kappa shape index (κ2) is 9.80. The maximum absolute atomic E-state index is 14.6. The molecule has 0 saturated carbocycles. The van der Waals surface area contributed by atoms with E-state index < -0.39 is 0 Å². The van der Waals surface area contributed by atoms with Gasteiger partial charge in [0.2, 0.25) is 0 Å². The van der Waals surface area contributed by atoms with Gasteiger partial charge in [-0.2, -0.15) is 9.78 Å². The van der Waals surface area contributed by atoms with Crippen molar-refractivity contribution in [3.05, 3.63) is 47.7 Å². The Morgan fingerprint density at radius 1 is 1.13 bits per heavy atom. The summed E-state index contributed by atoms with van der Waals surface area (Å²) in [4.78, 5) is 30.2. The maximum atomic E-state index is 14.6. The molecule has 11 heteroatoms. The number of benzene rings is 1. The number of aromatic amines is 1. The van der Waals surface area contributed by atoms with E-state index in [0.717, 1.165) is 29.9 Å². The maximum Gasteiger partial charge on any atom is 0.345 e. The lowest BCUT2D eigenvalue weighted by Crippen LogP contribution is -2.48. The van der Waals surface area contributed by atoms with E-state index in [-0.39, 0.29) is 17.9 Å². The average molecular weight is 519 g/mol. The molecule has 2 N–H and O–H groups in total. The number of amides is 1. The van der Waals surface area contributed by atoms with Crippen molar-refractivity contribution in [2.75, 3.05) is 50.8 Å². The molecule has 2 fully saturated rings. The zero-order chi connectivity index (χ0) is 26.4. The van der Waals surface area contributed by atoms with Crippen LogP contribution < -0.4 is 10.2 Å². The Morgan fingerprint density at radius 3 is 2.74 bits per heavy atom. The summed E-state index contributed by atoms with van der Waals surface area (Å²) in [7, 11) is 0. The van der Waals surface area contributed by atoms with E-state index >= 15 is 0 Å². The van der Waals surface area contributed by atoms with E-state index in [0.29, 0.717) is 66.8 Å². The predicted molar refractivity (Wildman–Crippen MR) is 143 cm³/mol. The molecule has 0 radical (unpaired) electrons. The van der Waals surface area contributed by atoms with E-state index in [2.05, 4.69) is 27.2 Å². The van der Waals surface area contributed by atoms with Gasteiger partial charge in [0.1, 0.15) is 11.6 Å². The highest BCUT2D eigenvalue weighted by atomic mass is 19.1. The molecule has 3 aromatic heterocycles. The molecule has 4 aromatic rings. The molecule has 1 atom stereocenters. The normalized spacial score (nSPS) is 18.4. The molecule has 0 spiro atoms. The van der Waals surface area contributed by atoms with Gasteiger partial charge in [0.05, 0.1) is 36.3 Å². The number of piperazine rings is 1. The number of hydrogen-bond donors (Lipinski definition) is 2. The number of fused-ring (bicyclic) bond motifs is 1. The minimum Gasteiger partial charge on any atom is -0.377 e. The molecule has 6 rings (SSSR count). The molecule has 1 amide bonds. The highest BCUT2D eigenvalue weighted by Crippen LogP contribution is 2.34. The number of H-pyrrole nitrogens is 1. The molecule has 0 aliphatic carbocycles. The molecular formula is C27H31FN8O2. The fourth-order valence-electron chi connectivity index (χ4n) is 5.40. The van der Waals surface area contributed by atoms with Crippen molar-refractivity contribution in [1.29, 1.82) is 0 Å². The number of anilines is 1. The molecule has 0 unspecified atom stereocenters. The molecule has 2 aliphatic heterocycles. The van der Waals surface area contributed by atoms with Gasteiger partial charge in [-0.05, 0) is 39.0 Å². The Hall–Kier alpha value is -3.83. The van der Waals surface area contributed by atoms with Crippen LogP contribution in [0.1, 0.15) is 18.3 Å². The van der Waals surface area contributed by atoms with Crippen molar-refractivity contribution >= 4 is 22.8 Å². The third-order valence-corrected chi connectivity index (χ3v) is 7.37. The number of aryl methyl sites for hydroxylation is 1. The van der Waals surface area contributed by atoms with Crippen LogP contribution in [0.2, 0.25) is 0 Å². The van der Waals surface area contributed by atoms with Crippen LogP contribution >= 0.6 is 0 Å². The molecular weight excluding hydrogens is 487 g/mol. The standard InChI is InChI=1S/C27H31FN8O2/c1-16-15-38-11-10-35(16)24-14-23(31-26(32-24)21-12-19(28)13-22-20(21)4-5-30-22)25-17(2)33-36(18(25)3)27(37)34-8-6-29-7-9-34/h4-5,12-14,16,29-30H,6-11,15H2,1-3H3/t16-/m1/s1. The van der Waals surface area contributed by atoms with Crippen LogP contribution in [0.25, 0.3) is 33.5 Å². The van der Waals surface area contributed by atoms with Crippen LogP contribution in [0.15, 0.2) is 30.5 Å². The number of halogens is 1. The number of carbonyl (C=O) groups is 1. The monoisotopic (exact) mass is 518 g/mol. The summed E-state index contributed by atoms with van der Waals surface area (Å²) in [5.74, 6) is 0.779. The van der Waals surface area contributed by atoms with Gasteiger partial charge in [0.15, 0.2) is 5.82 Å². The first-order chi connectivity index (χ1) is 18.4. The molecule has 5 heterocycles. The fourth-order valence-corrected chi connectivity index (χ4v) is 5.40. The highest BCUT2D eigenvalue weighted by molar-refractivity contribution is 5.94. The molecule has 10 nitrogen and oxygen atoms in total. The predicted octanol–water partition coefficient (Wildman–Crippen LogP) is 3.34. The van der Waals surface area contributed by atoms with Gasteiger partial charge in [0.25, 0.3) is 0 Å². The molecule has 1 aromatic carbocycles. The Balaban J connectivity index is 1.51. The Morgan fingerprint density at radius 2 is 1.95 bits per heavy atom. The highest BCUT2D eigenvalue weighted by Gasteiger charge is 2.27. The molecule has 2 aliphatic rings. The summed E-state index contributed by atoms with van der Waals surface area (Å²) in [5.41, 5.74) is 4.11. The number of nitrogens with zero attached hydrogens (tertiary/aromatic N) is 6. The Kier molecular flexibility index (Phi) is 6.32. The minimum absolute atomic E-state index is 0.110. The number of aromatic nitrogens is 5. The van der Waals surface area contributed by atoms with E-state index in [9.17, 15) is 9.18 Å². The lowest BCUT2D eigenvalue weighted by atomic mass is 10.1. The summed E-state index contributed by atoms with van der Waals surface area (Å²) in [6.45, 7) is 10.5. The van der Waals surface area contributed by atoms with E-state index in [1.807, 2.05) is 26.0 Å². The van der Waals surface area contributed by atoms with Gasteiger partial charge < -0.3 is 24.8 Å². The Bertz CT molecular complexity index is 1510. The SMILES string of the molecule is Cc1nn(C(=O)N2CCNCC2)c(C)c1-c1cc(N2CCOC[C@H]2C)nc(-c2cc(F)cc3[nH]ccc23)n1.